The minimum Gasteiger partial charge on any atom is -0.338 e. The second-order valence-corrected chi connectivity index (χ2v) is 5.86. The lowest BCUT2D eigenvalue weighted by Gasteiger charge is -2.33. The number of urea groups is 1. The Labute approximate surface area is 135 Å². The van der Waals surface area contributed by atoms with Crippen molar-refractivity contribution in [3.8, 4) is 11.4 Å². The van der Waals surface area contributed by atoms with E-state index < -0.39 is 0 Å². The van der Waals surface area contributed by atoms with Gasteiger partial charge in [0.2, 0.25) is 11.7 Å². The Morgan fingerprint density at radius 2 is 2.13 bits per heavy atom. The van der Waals surface area contributed by atoms with Crippen LogP contribution < -0.4 is 5.32 Å². The summed E-state index contributed by atoms with van der Waals surface area (Å²) in [6.07, 6.45) is 2.92. The molecular weight excluding hydrogens is 292 g/mol. The Morgan fingerprint density at radius 3 is 2.87 bits per heavy atom. The fourth-order valence-corrected chi connectivity index (χ4v) is 2.87. The first kappa shape index (κ1) is 15.5. The molecule has 1 N–H and O–H groups in total. The van der Waals surface area contributed by atoms with Crippen LogP contribution in [-0.2, 0) is 0 Å². The molecule has 0 saturated carbocycles. The maximum Gasteiger partial charge on any atom is 0.318 e. The van der Waals surface area contributed by atoms with Crippen molar-refractivity contribution in [3.05, 3.63) is 35.7 Å². The number of piperidine rings is 1. The first-order chi connectivity index (χ1) is 11.2. The highest BCUT2D eigenvalue weighted by atomic mass is 16.5. The highest BCUT2D eigenvalue weighted by molar-refractivity contribution is 5.74. The van der Waals surface area contributed by atoms with Crippen molar-refractivity contribution in [2.75, 3.05) is 13.1 Å². The number of carbonyl (C=O) groups is 1. The first-order valence-electron chi connectivity index (χ1n) is 8.14. The zero-order valence-electron chi connectivity index (χ0n) is 13.6. The molecule has 2 amide bonds. The Balaban J connectivity index is 1.82. The fraction of sp³-hybridized carbons (Fsp3) is 0.471. The van der Waals surface area contributed by atoms with Gasteiger partial charge in [-0.15, -0.1) is 0 Å². The Morgan fingerprint density at radius 1 is 1.35 bits per heavy atom. The van der Waals surface area contributed by atoms with Crippen LogP contribution in [0.4, 0.5) is 4.79 Å². The fourth-order valence-electron chi connectivity index (χ4n) is 2.87. The highest BCUT2D eigenvalue weighted by Gasteiger charge is 2.32. The van der Waals surface area contributed by atoms with Gasteiger partial charge in [0, 0.05) is 18.7 Å². The molecule has 6 heteroatoms. The van der Waals surface area contributed by atoms with Crippen LogP contribution >= 0.6 is 0 Å². The molecule has 0 bridgehead atoms. The van der Waals surface area contributed by atoms with E-state index in [0.717, 1.165) is 31.4 Å². The Hall–Kier alpha value is -2.37. The van der Waals surface area contributed by atoms with Crippen molar-refractivity contribution < 1.29 is 9.32 Å². The zero-order chi connectivity index (χ0) is 16.2. The average Bonchev–Trinajstić information content (AvgIpc) is 3.05. The van der Waals surface area contributed by atoms with Gasteiger partial charge < -0.3 is 14.7 Å². The number of aromatic nitrogens is 2. The van der Waals surface area contributed by atoms with E-state index in [1.807, 2.05) is 38.1 Å². The van der Waals surface area contributed by atoms with E-state index in [1.165, 1.54) is 5.56 Å². The number of hydrogen-bond acceptors (Lipinski definition) is 4. The summed E-state index contributed by atoms with van der Waals surface area (Å²) in [5.74, 6) is 1.09. The summed E-state index contributed by atoms with van der Waals surface area (Å²) in [5.41, 5.74) is 2.11. The molecule has 1 aliphatic heterocycles. The van der Waals surface area contributed by atoms with Gasteiger partial charge in [-0.25, -0.2) is 4.79 Å². The molecule has 1 unspecified atom stereocenters. The van der Waals surface area contributed by atoms with Crippen LogP contribution in [-0.4, -0.2) is 34.2 Å². The minimum absolute atomic E-state index is 0.0627. The molecule has 0 spiro atoms. The summed E-state index contributed by atoms with van der Waals surface area (Å²) in [7, 11) is 0. The van der Waals surface area contributed by atoms with Crippen LogP contribution in [0, 0.1) is 6.92 Å². The maximum absolute atomic E-state index is 12.2. The first-order valence-corrected chi connectivity index (χ1v) is 8.14. The molecule has 1 aromatic carbocycles. The molecule has 23 heavy (non-hydrogen) atoms. The third-order valence-electron chi connectivity index (χ3n) is 4.13. The SMILES string of the molecule is CCNC(=O)N1CCCCC1c1nc(-c2ccc(C)cc2)no1. The van der Waals surface area contributed by atoms with Gasteiger partial charge >= 0.3 is 6.03 Å². The molecule has 0 radical (unpaired) electrons. The molecular formula is C17H22N4O2. The van der Waals surface area contributed by atoms with Crippen molar-refractivity contribution in [1.82, 2.24) is 20.4 Å². The number of nitrogens with zero attached hydrogens (tertiary/aromatic N) is 3. The van der Waals surface area contributed by atoms with Gasteiger partial charge in [-0.2, -0.15) is 4.98 Å². The molecule has 1 fully saturated rings. The smallest absolute Gasteiger partial charge is 0.318 e. The van der Waals surface area contributed by atoms with Crippen LogP contribution in [0.25, 0.3) is 11.4 Å². The molecule has 2 aromatic rings. The molecule has 122 valence electrons. The van der Waals surface area contributed by atoms with E-state index >= 15 is 0 Å². The van der Waals surface area contributed by atoms with Crippen molar-refractivity contribution in [2.24, 2.45) is 0 Å². The Bertz CT molecular complexity index is 665. The van der Waals surface area contributed by atoms with Crippen LogP contribution in [0.3, 0.4) is 0 Å². The number of aryl methyl sites for hydroxylation is 1. The highest BCUT2D eigenvalue weighted by Crippen LogP contribution is 2.31. The maximum atomic E-state index is 12.2. The van der Waals surface area contributed by atoms with Crippen molar-refractivity contribution in [2.45, 2.75) is 39.2 Å². The summed E-state index contributed by atoms with van der Waals surface area (Å²) in [6, 6.07) is 7.80. The standard InChI is InChI=1S/C17H22N4O2/c1-3-18-17(22)21-11-5-4-6-14(21)16-19-15(20-23-16)13-9-7-12(2)8-10-13/h7-10,14H,3-6,11H2,1-2H3,(H,18,22). The molecule has 1 aromatic heterocycles. The topological polar surface area (TPSA) is 71.3 Å². The quantitative estimate of drug-likeness (QED) is 0.943. The lowest BCUT2D eigenvalue weighted by Crippen LogP contribution is -2.44. The zero-order valence-corrected chi connectivity index (χ0v) is 13.6. The predicted octanol–water partition coefficient (Wildman–Crippen LogP) is 3.30. The van der Waals surface area contributed by atoms with Crippen LogP contribution in [0.5, 0.6) is 0 Å². The number of rotatable bonds is 3. The number of likely N-dealkylation sites (tertiary alicyclic amines) is 1. The van der Waals surface area contributed by atoms with E-state index in [2.05, 4.69) is 15.5 Å². The largest absolute Gasteiger partial charge is 0.338 e. The van der Waals surface area contributed by atoms with Gasteiger partial charge in [0.25, 0.3) is 0 Å². The predicted molar refractivity (Wildman–Crippen MR) is 86.8 cm³/mol. The lowest BCUT2D eigenvalue weighted by atomic mass is 10.0. The number of carbonyl (C=O) groups excluding carboxylic acids is 1. The van der Waals surface area contributed by atoms with E-state index in [-0.39, 0.29) is 12.1 Å². The summed E-state index contributed by atoms with van der Waals surface area (Å²) in [5, 5.41) is 6.94. The summed E-state index contributed by atoms with van der Waals surface area (Å²) in [6.45, 7) is 5.29. The molecule has 6 nitrogen and oxygen atoms in total. The van der Waals surface area contributed by atoms with E-state index in [1.54, 1.807) is 4.90 Å². The lowest BCUT2D eigenvalue weighted by molar-refractivity contribution is 0.132. The minimum atomic E-state index is -0.137. The normalized spacial score (nSPS) is 18.0. The van der Waals surface area contributed by atoms with E-state index in [9.17, 15) is 4.79 Å². The van der Waals surface area contributed by atoms with Crippen LogP contribution in [0.15, 0.2) is 28.8 Å². The van der Waals surface area contributed by atoms with Crippen molar-refractivity contribution >= 4 is 6.03 Å². The molecule has 1 atom stereocenters. The van der Waals surface area contributed by atoms with Gasteiger partial charge in [-0.1, -0.05) is 35.0 Å². The van der Waals surface area contributed by atoms with Gasteiger partial charge in [-0.05, 0) is 33.1 Å². The number of benzene rings is 1. The summed E-state index contributed by atoms with van der Waals surface area (Å²) < 4.78 is 5.46. The second kappa shape index (κ2) is 6.81. The molecule has 1 saturated heterocycles. The average molecular weight is 314 g/mol. The van der Waals surface area contributed by atoms with Crippen molar-refractivity contribution in [3.63, 3.8) is 0 Å². The van der Waals surface area contributed by atoms with E-state index in [0.29, 0.717) is 18.3 Å². The monoisotopic (exact) mass is 314 g/mol. The van der Waals surface area contributed by atoms with Gasteiger partial charge in [0.05, 0.1) is 0 Å². The van der Waals surface area contributed by atoms with Crippen LogP contribution in [0.2, 0.25) is 0 Å². The van der Waals surface area contributed by atoms with Gasteiger partial charge in [0.15, 0.2) is 0 Å². The third kappa shape index (κ3) is 3.36. The van der Waals surface area contributed by atoms with Gasteiger partial charge in [0.1, 0.15) is 6.04 Å². The number of amides is 2. The molecule has 2 heterocycles. The second-order valence-electron chi connectivity index (χ2n) is 5.86. The summed E-state index contributed by atoms with van der Waals surface area (Å²) >= 11 is 0. The van der Waals surface area contributed by atoms with E-state index in [4.69, 9.17) is 4.52 Å². The van der Waals surface area contributed by atoms with Gasteiger partial charge in [-0.3, -0.25) is 0 Å². The molecule has 1 aliphatic rings. The Kier molecular flexibility index (Phi) is 4.60. The van der Waals surface area contributed by atoms with Crippen LogP contribution in [0.1, 0.15) is 43.7 Å². The number of nitrogens with one attached hydrogen (secondary N) is 1. The third-order valence-corrected chi connectivity index (χ3v) is 4.13. The van der Waals surface area contributed by atoms with Crippen molar-refractivity contribution in [1.29, 1.82) is 0 Å². The summed E-state index contributed by atoms with van der Waals surface area (Å²) in [4.78, 5) is 18.6. The molecule has 0 aliphatic carbocycles. The molecule has 3 rings (SSSR count). The number of hydrogen-bond donors (Lipinski definition) is 1.